The number of piperazine rings is 1. The summed E-state index contributed by atoms with van der Waals surface area (Å²) in [5.41, 5.74) is 1.27. The van der Waals surface area contributed by atoms with E-state index in [0.29, 0.717) is 13.1 Å². The number of benzene rings is 1. The monoisotopic (exact) mass is 392 g/mol. The van der Waals surface area contributed by atoms with Crippen molar-refractivity contribution in [2.75, 3.05) is 77.6 Å². The highest BCUT2D eigenvalue weighted by atomic mass is 16.5. The lowest BCUT2D eigenvalue weighted by molar-refractivity contribution is -0.954. The Labute approximate surface area is 168 Å². The number of anilines is 1. The van der Waals surface area contributed by atoms with Gasteiger partial charge in [0, 0.05) is 5.69 Å². The molecule has 2 aliphatic rings. The van der Waals surface area contributed by atoms with Crippen molar-refractivity contribution >= 4 is 11.6 Å². The van der Waals surface area contributed by atoms with Gasteiger partial charge in [-0.1, -0.05) is 0 Å². The van der Waals surface area contributed by atoms with Crippen LogP contribution in [0.5, 0.6) is 5.75 Å². The molecule has 2 aliphatic heterocycles. The average molecular weight is 393 g/mol. The first-order chi connectivity index (χ1) is 13.5. The summed E-state index contributed by atoms with van der Waals surface area (Å²) in [4.78, 5) is 17.7. The van der Waals surface area contributed by atoms with Gasteiger partial charge in [-0.05, 0) is 38.1 Å². The molecule has 28 heavy (non-hydrogen) atoms. The molecule has 3 rings (SSSR count). The van der Waals surface area contributed by atoms with Crippen LogP contribution in [0.15, 0.2) is 24.3 Å². The van der Waals surface area contributed by atoms with Crippen LogP contribution in [0, 0.1) is 0 Å². The van der Waals surface area contributed by atoms with Crippen LogP contribution in [0.4, 0.5) is 5.69 Å². The number of carbonyl (C=O) groups excluding carboxylic acids is 1. The Balaban J connectivity index is 1.39. The summed E-state index contributed by atoms with van der Waals surface area (Å²) in [7, 11) is 1.69. The number of hydrogen-bond donors (Lipinski definition) is 3. The minimum absolute atomic E-state index is 0.0435. The number of ether oxygens (including phenoxy) is 2. The smallest absolute Gasteiger partial charge is 0.275 e. The van der Waals surface area contributed by atoms with Crippen molar-refractivity contribution in [3.8, 4) is 5.75 Å². The lowest BCUT2D eigenvalue weighted by atomic mass is 10.0. The summed E-state index contributed by atoms with van der Waals surface area (Å²) in [5, 5.41) is 3.17. The minimum atomic E-state index is 0.0435. The predicted molar refractivity (Wildman–Crippen MR) is 109 cm³/mol. The molecule has 0 aliphatic carbocycles. The van der Waals surface area contributed by atoms with Gasteiger partial charge in [0.1, 0.15) is 24.4 Å². The van der Waals surface area contributed by atoms with Crippen molar-refractivity contribution in [2.24, 2.45) is 0 Å². The number of hydrogen-bond acceptors (Lipinski definition) is 4. The van der Waals surface area contributed by atoms with Crippen LogP contribution in [-0.4, -0.2) is 84.1 Å². The third-order valence-electron chi connectivity index (χ3n) is 6.10. The molecular weight excluding hydrogens is 356 g/mol. The van der Waals surface area contributed by atoms with Crippen molar-refractivity contribution in [1.29, 1.82) is 0 Å². The zero-order valence-electron chi connectivity index (χ0n) is 17.6. The van der Waals surface area contributed by atoms with Crippen LogP contribution >= 0.6 is 0 Å². The van der Waals surface area contributed by atoms with Crippen molar-refractivity contribution in [3.05, 3.63) is 24.3 Å². The van der Waals surface area contributed by atoms with E-state index in [1.165, 1.54) is 15.5 Å². The fraction of sp³-hybridized carbons (Fsp3) is 0.667. The van der Waals surface area contributed by atoms with E-state index in [0.717, 1.165) is 58.2 Å². The molecule has 156 valence electrons. The van der Waals surface area contributed by atoms with Crippen LogP contribution in [-0.2, 0) is 9.53 Å². The topological polar surface area (TPSA) is 59.7 Å². The van der Waals surface area contributed by atoms with Crippen molar-refractivity contribution in [2.45, 2.75) is 19.4 Å². The van der Waals surface area contributed by atoms with Gasteiger partial charge >= 0.3 is 0 Å². The number of amides is 1. The molecule has 2 fully saturated rings. The number of morpholine rings is 1. The molecule has 2 heterocycles. The average Bonchev–Trinajstić information content (AvgIpc) is 2.74. The van der Waals surface area contributed by atoms with Gasteiger partial charge < -0.3 is 29.5 Å². The van der Waals surface area contributed by atoms with Crippen molar-refractivity contribution in [1.82, 2.24) is 5.32 Å². The van der Waals surface area contributed by atoms with E-state index in [2.05, 4.69) is 36.2 Å². The number of methoxy groups -OCH3 is 1. The highest BCUT2D eigenvalue weighted by Crippen LogP contribution is 2.18. The van der Waals surface area contributed by atoms with Gasteiger partial charge in [-0.3, -0.25) is 4.79 Å². The molecule has 0 saturated carbocycles. The van der Waals surface area contributed by atoms with Crippen molar-refractivity contribution < 1.29 is 24.1 Å². The fourth-order valence-corrected chi connectivity index (χ4v) is 4.08. The summed E-state index contributed by atoms with van der Waals surface area (Å²) in [6.45, 7) is 13.3. The summed E-state index contributed by atoms with van der Waals surface area (Å²) in [6.07, 6.45) is 0. The number of nitrogens with zero attached hydrogens (tertiary/aromatic N) is 1. The molecule has 0 atom stereocenters. The van der Waals surface area contributed by atoms with E-state index in [-0.39, 0.29) is 11.4 Å². The molecule has 0 bridgehead atoms. The van der Waals surface area contributed by atoms with Crippen LogP contribution in [0.1, 0.15) is 13.8 Å². The van der Waals surface area contributed by atoms with Gasteiger partial charge in [-0.2, -0.15) is 0 Å². The molecule has 0 aromatic heterocycles. The standard InChI is InChI=1S/C21H34N4O3/c1-21(2,25-12-14-28-15-13-25)17-22-20(26)16-23-8-10-24(11-9-23)18-4-6-19(27-3)7-5-18/h4-7H,8-17H2,1-3H3,(H,22,26)/p+2. The molecule has 0 radical (unpaired) electrons. The molecule has 0 spiro atoms. The lowest BCUT2D eigenvalue weighted by Crippen LogP contribution is -3.22. The molecule has 3 N–H and O–H groups in total. The normalized spacial score (nSPS) is 19.5. The van der Waals surface area contributed by atoms with E-state index in [1.807, 2.05) is 12.1 Å². The number of carbonyl (C=O) groups is 1. The largest absolute Gasteiger partial charge is 0.497 e. The summed E-state index contributed by atoms with van der Waals surface area (Å²) in [5.74, 6) is 1.04. The SMILES string of the molecule is COc1ccc(N2CC[NH+](CC(=O)NCC(C)(C)[NH+]3CCOCC3)CC2)cc1. The molecule has 7 heteroatoms. The lowest BCUT2D eigenvalue weighted by Gasteiger charge is -2.38. The van der Waals surface area contributed by atoms with Gasteiger partial charge in [-0.15, -0.1) is 0 Å². The number of nitrogens with one attached hydrogen (secondary N) is 3. The minimum Gasteiger partial charge on any atom is -0.497 e. The second-order valence-electron chi connectivity index (χ2n) is 8.49. The van der Waals surface area contributed by atoms with E-state index in [4.69, 9.17) is 9.47 Å². The van der Waals surface area contributed by atoms with Gasteiger partial charge in [0.15, 0.2) is 6.54 Å². The number of rotatable bonds is 7. The Morgan fingerprint density at radius 1 is 1.14 bits per heavy atom. The molecule has 1 aromatic carbocycles. The first-order valence-electron chi connectivity index (χ1n) is 10.4. The van der Waals surface area contributed by atoms with Gasteiger partial charge in [0.05, 0.1) is 53.0 Å². The molecule has 7 nitrogen and oxygen atoms in total. The zero-order chi connectivity index (χ0) is 20.0. The van der Waals surface area contributed by atoms with Crippen LogP contribution in [0.2, 0.25) is 0 Å². The molecule has 1 amide bonds. The Hall–Kier alpha value is -1.83. The van der Waals surface area contributed by atoms with E-state index >= 15 is 0 Å². The first-order valence-corrected chi connectivity index (χ1v) is 10.4. The first kappa shape index (κ1) is 20.9. The van der Waals surface area contributed by atoms with Gasteiger partial charge in [0.2, 0.25) is 0 Å². The third kappa shape index (κ3) is 5.59. The predicted octanol–water partition coefficient (Wildman–Crippen LogP) is -1.79. The molecule has 2 saturated heterocycles. The van der Waals surface area contributed by atoms with Gasteiger partial charge in [-0.25, -0.2) is 0 Å². The Morgan fingerprint density at radius 3 is 2.39 bits per heavy atom. The third-order valence-corrected chi connectivity index (χ3v) is 6.10. The quantitative estimate of drug-likeness (QED) is 0.513. The summed E-state index contributed by atoms with van der Waals surface area (Å²) >= 11 is 0. The van der Waals surface area contributed by atoms with Crippen LogP contribution in [0.3, 0.4) is 0 Å². The van der Waals surface area contributed by atoms with Crippen LogP contribution in [0.25, 0.3) is 0 Å². The van der Waals surface area contributed by atoms with Crippen molar-refractivity contribution in [3.63, 3.8) is 0 Å². The molecular formula is C21H36N4O3+2. The van der Waals surface area contributed by atoms with Crippen LogP contribution < -0.4 is 24.8 Å². The van der Waals surface area contributed by atoms with E-state index in [9.17, 15) is 4.79 Å². The fourth-order valence-electron chi connectivity index (χ4n) is 4.08. The summed E-state index contributed by atoms with van der Waals surface area (Å²) < 4.78 is 10.7. The van der Waals surface area contributed by atoms with E-state index < -0.39 is 0 Å². The second-order valence-corrected chi connectivity index (χ2v) is 8.49. The molecule has 1 aromatic rings. The highest BCUT2D eigenvalue weighted by Gasteiger charge is 2.33. The maximum Gasteiger partial charge on any atom is 0.275 e. The maximum absolute atomic E-state index is 12.5. The Kier molecular flexibility index (Phi) is 7.15. The number of quaternary nitrogens is 2. The van der Waals surface area contributed by atoms with E-state index in [1.54, 1.807) is 7.11 Å². The highest BCUT2D eigenvalue weighted by molar-refractivity contribution is 5.76. The van der Waals surface area contributed by atoms with Gasteiger partial charge in [0.25, 0.3) is 5.91 Å². The Morgan fingerprint density at radius 2 is 1.79 bits per heavy atom. The molecule has 0 unspecified atom stereocenters. The second kappa shape index (κ2) is 9.58. The maximum atomic E-state index is 12.5. The summed E-state index contributed by atoms with van der Waals surface area (Å²) in [6, 6.07) is 8.21. The zero-order valence-corrected chi connectivity index (χ0v) is 17.6. The Bertz CT molecular complexity index is 621.